The average Bonchev–Trinajstić information content (AvgIpc) is 2.79. The third-order valence-corrected chi connectivity index (χ3v) is 4.87. The van der Waals surface area contributed by atoms with Gasteiger partial charge in [0.15, 0.2) is 0 Å². The van der Waals surface area contributed by atoms with Gasteiger partial charge in [-0.05, 0) is 49.2 Å². The minimum Gasteiger partial charge on any atom is -0.497 e. The van der Waals surface area contributed by atoms with E-state index >= 15 is 0 Å². The summed E-state index contributed by atoms with van der Waals surface area (Å²) in [6, 6.07) is 11.1. The van der Waals surface area contributed by atoms with E-state index < -0.39 is 11.9 Å². The van der Waals surface area contributed by atoms with Crippen LogP contribution in [-0.2, 0) is 14.2 Å². The molecule has 160 valence electrons. The van der Waals surface area contributed by atoms with Crippen LogP contribution in [0.3, 0.4) is 0 Å². The van der Waals surface area contributed by atoms with Crippen molar-refractivity contribution in [3.05, 3.63) is 47.5 Å². The molecular weight excluding hydrogens is 386 g/mol. The maximum Gasteiger partial charge on any atom is 0.341 e. The van der Waals surface area contributed by atoms with Gasteiger partial charge in [0.25, 0.3) is 0 Å². The Morgan fingerprint density at radius 2 is 1.57 bits per heavy atom. The average molecular weight is 413 g/mol. The topological polar surface area (TPSA) is 74.3 Å². The van der Waals surface area contributed by atoms with Crippen LogP contribution in [0, 0.1) is 0 Å². The van der Waals surface area contributed by atoms with E-state index in [1.807, 2.05) is 35.2 Å². The lowest BCUT2D eigenvalue weighted by Gasteiger charge is -2.31. The Balaban J connectivity index is 2.19. The Morgan fingerprint density at radius 1 is 0.933 bits per heavy atom. The first kappa shape index (κ1) is 21.6. The number of hydrogen-bond donors (Lipinski definition) is 0. The largest absolute Gasteiger partial charge is 0.497 e. The Labute approximate surface area is 176 Å². The Kier molecular flexibility index (Phi) is 7.30. The van der Waals surface area contributed by atoms with Crippen LogP contribution in [0.4, 0.5) is 5.69 Å². The van der Waals surface area contributed by atoms with Crippen LogP contribution in [-0.4, -0.2) is 58.6 Å². The van der Waals surface area contributed by atoms with Gasteiger partial charge in [-0.15, -0.1) is 0 Å². The number of hydrogen-bond acceptors (Lipinski definition) is 7. The lowest BCUT2D eigenvalue weighted by atomic mass is 9.96. The molecule has 0 unspecified atom stereocenters. The predicted octanol–water partition coefficient (Wildman–Crippen LogP) is 3.55. The first-order valence-electron chi connectivity index (χ1n) is 10.1. The maximum absolute atomic E-state index is 12.9. The van der Waals surface area contributed by atoms with Gasteiger partial charge < -0.3 is 23.8 Å². The fraction of sp³-hybridized carbons (Fsp3) is 0.391. The maximum atomic E-state index is 12.9. The number of benzene rings is 2. The molecule has 0 spiro atoms. The molecular formula is C23H27NO6. The minimum absolute atomic E-state index is 0.199. The van der Waals surface area contributed by atoms with E-state index in [1.54, 1.807) is 27.0 Å². The summed E-state index contributed by atoms with van der Waals surface area (Å²) in [4.78, 5) is 27.7. The number of carbonyl (C=O) groups excluding carboxylic acids is 2. The summed E-state index contributed by atoms with van der Waals surface area (Å²) in [6.45, 7) is 6.21. The summed E-state index contributed by atoms with van der Waals surface area (Å²) in [5, 5.41) is 0. The highest BCUT2D eigenvalue weighted by atomic mass is 16.5. The number of anilines is 1. The van der Waals surface area contributed by atoms with E-state index in [2.05, 4.69) is 0 Å². The van der Waals surface area contributed by atoms with Gasteiger partial charge in [-0.2, -0.15) is 0 Å². The molecule has 7 heteroatoms. The zero-order valence-electron chi connectivity index (χ0n) is 17.6. The Morgan fingerprint density at radius 3 is 2.17 bits per heavy atom. The van der Waals surface area contributed by atoms with Crippen LogP contribution in [0.1, 0.15) is 34.6 Å². The molecule has 0 aromatic heterocycles. The van der Waals surface area contributed by atoms with E-state index in [-0.39, 0.29) is 24.3 Å². The monoisotopic (exact) mass is 413 g/mol. The molecule has 0 radical (unpaired) electrons. The molecule has 0 amide bonds. The second kappa shape index (κ2) is 10.1. The number of esters is 2. The van der Waals surface area contributed by atoms with E-state index in [9.17, 15) is 9.59 Å². The second-order valence-electron chi connectivity index (χ2n) is 6.69. The van der Waals surface area contributed by atoms with Gasteiger partial charge in [0, 0.05) is 13.1 Å². The van der Waals surface area contributed by atoms with Crippen molar-refractivity contribution >= 4 is 17.6 Å². The van der Waals surface area contributed by atoms with Crippen molar-refractivity contribution in [2.24, 2.45) is 0 Å². The van der Waals surface area contributed by atoms with Crippen molar-refractivity contribution in [1.82, 2.24) is 0 Å². The number of carbonyl (C=O) groups is 2. The van der Waals surface area contributed by atoms with E-state index in [1.165, 1.54) is 0 Å². The summed E-state index contributed by atoms with van der Waals surface area (Å²) < 4.78 is 21.2. The predicted molar refractivity (Wildman–Crippen MR) is 113 cm³/mol. The molecule has 1 aliphatic rings. The highest BCUT2D eigenvalue weighted by molar-refractivity contribution is 6.08. The zero-order chi connectivity index (χ0) is 21.5. The molecule has 1 saturated heterocycles. The first-order chi connectivity index (χ1) is 14.6. The molecule has 7 nitrogen and oxygen atoms in total. The van der Waals surface area contributed by atoms with E-state index in [0.717, 1.165) is 16.9 Å². The minimum atomic E-state index is -0.551. The lowest BCUT2D eigenvalue weighted by molar-refractivity contribution is 0.0479. The van der Waals surface area contributed by atoms with Crippen molar-refractivity contribution in [2.75, 3.05) is 51.5 Å². The number of methoxy groups -OCH3 is 1. The van der Waals surface area contributed by atoms with Gasteiger partial charge in [-0.3, -0.25) is 0 Å². The van der Waals surface area contributed by atoms with Gasteiger partial charge in [0.2, 0.25) is 0 Å². The summed E-state index contributed by atoms with van der Waals surface area (Å²) in [7, 11) is 1.61. The first-order valence-corrected chi connectivity index (χ1v) is 10.1. The Hall–Kier alpha value is -3.06. The van der Waals surface area contributed by atoms with Crippen molar-refractivity contribution in [2.45, 2.75) is 13.8 Å². The molecule has 1 fully saturated rings. The summed E-state index contributed by atoms with van der Waals surface area (Å²) in [6.07, 6.45) is 0. The normalized spacial score (nSPS) is 13.6. The highest BCUT2D eigenvalue weighted by Crippen LogP contribution is 2.34. The zero-order valence-corrected chi connectivity index (χ0v) is 17.6. The van der Waals surface area contributed by atoms with Crippen LogP contribution in [0.5, 0.6) is 5.75 Å². The quantitative estimate of drug-likeness (QED) is 0.643. The lowest BCUT2D eigenvalue weighted by Crippen LogP contribution is -2.37. The van der Waals surface area contributed by atoms with Crippen LogP contribution < -0.4 is 9.64 Å². The van der Waals surface area contributed by atoms with E-state index in [0.29, 0.717) is 32.0 Å². The van der Waals surface area contributed by atoms with Crippen molar-refractivity contribution in [1.29, 1.82) is 0 Å². The van der Waals surface area contributed by atoms with E-state index in [4.69, 9.17) is 18.9 Å². The van der Waals surface area contributed by atoms with Gasteiger partial charge in [-0.1, -0.05) is 12.1 Å². The molecule has 0 saturated carbocycles. The Bertz CT molecular complexity index is 887. The van der Waals surface area contributed by atoms with Gasteiger partial charge in [0.1, 0.15) is 5.75 Å². The third-order valence-electron chi connectivity index (χ3n) is 4.87. The number of morpholine rings is 1. The summed E-state index contributed by atoms with van der Waals surface area (Å²) in [5.74, 6) is -0.352. The molecule has 1 heterocycles. The third kappa shape index (κ3) is 4.74. The fourth-order valence-corrected chi connectivity index (χ4v) is 3.42. The van der Waals surface area contributed by atoms with Crippen LogP contribution >= 0.6 is 0 Å². The standard InChI is InChI=1S/C23H27NO6/c1-4-29-22(25)19-14-17(16-6-8-18(27-3)9-7-16)15-20(21(19)23(26)30-5-2)24-10-12-28-13-11-24/h6-9,14-15H,4-5,10-13H2,1-3H3. The van der Waals surface area contributed by atoms with Crippen molar-refractivity contribution in [3.8, 4) is 16.9 Å². The van der Waals surface area contributed by atoms with Crippen LogP contribution in [0.25, 0.3) is 11.1 Å². The van der Waals surface area contributed by atoms with Crippen LogP contribution in [0.15, 0.2) is 36.4 Å². The van der Waals surface area contributed by atoms with Gasteiger partial charge >= 0.3 is 11.9 Å². The molecule has 0 N–H and O–H groups in total. The molecule has 2 aromatic carbocycles. The fourth-order valence-electron chi connectivity index (χ4n) is 3.42. The van der Waals surface area contributed by atoms with Crippen molar-refractivity contribution in [3.63, 3.8) is 0 Å². The SMILES string of the molecule is CCOC(=O)c1cc(-c2ccc(OC)cc2)cc(N2CCOCC2)c1C(=O)OCC. The smallest absolute Gasteiger partial charge is 0.341 e. The number of nitrogens with zero attached hydrogens (tertiary/aromatic N) is 1. The molecule has 0 aliphatic carbocycles. The molecule has 1 aliphatic heterocycles. The molecule has 2 aromatic rings. The molecule has 3 rings (SSSR count). The second-order valence-corrected chi connectivity index (χ2v) is 6.69. The van der Waals surface area contributed by atoms with Gasteiger partial charge in [-0.25, -0.2) is 9.59 Å². The van der Waals surface area contributed by atoms with Gasteiger partial charge in [0.05, 0.1) is 50.4 Å². The molecule has 0 bridgehead atoms. The highest BCUT2D eigenvalue weighted by Gasteiger charge is 2.28. The number of ether oxygens (including phenoxy) is 4. The summed E-state index contributed by atoms with van der Waals surface area (Å²) in [5.41, 5.74) is 2.77. The molecule has 30 heavy (non-hydrogen) atoms. The number of rotatable bonds is 7. The van der Waals surface area contributed by atoms with Crippen molar-refractivity contribution < 1.29 is 28.5 Å². The molecule has 0 atom stereocenters. The van der Waals surface area contributed by atoms with Crippen LogP contribution in [0.2, 0.25) is 0 Å². The summed E-state index contributed by atoms with van der Waals surface area (Å²) >= 11 is 0.